The summed E-state index contributed by atoms with van der Waals surface area (Å²) in [5.41, 5.74) is 2.07. The lowest BCUT2D eigenvalue weighted by atomic mass is 10.1. The van der Waals surface area contributed by atoms with E-state index in [0.717, 1.165) is 36.7 Å². The summed E-state index contributed by atoms with van der Waals surface area (Å²) in [7, 11) is 0. The zero-order chi connectivity index (χ0) is 14.7. The van der Waals surface area contributed by atoms with E-state index in [2.05, 4.69) is 30.2 Å². The second-order valence-corrected chi connectivity index (χ2v) is 5.20. The van der Waals surface area contributed by atoms with Gasteiger partial charge >= 0.3 is 0 Å². The number of nitrogens with one attached hydrogen (secondary N) is 1. The number of pyridine rings is 1. The molecule has 0 aliphatic carbocycles. The van der Waals surface area contributed by atoms with Gasteiger partial charge in [-0.25, -0.2) is 0 Å². The van der Waals surface area contributed by atoms with Crippen LogP contribution in [0.2, 0.25) is 0 Å². The Labute approximate surface area is 124 Å². The quantitative estimate of drug-likeness (QED) is 0.929. The molecule has 0 amide bonds. The highest BCUT2D eigenvalue weighted by Crippen LogP contribution is 2.23. The van der Waals surface area contributed by atoms with E-state index in [-0.39, 0.29) is 0 Å². The van der Waals surface area contributed by atoms with Gasteiger partial charge < -0.3 is 10.2 Å². The summed E-state index contributed by atoms with van der Waals surface area (Å²) in [6, 6.07) is 1.97. The molecule has 0 atom stereocenters. The Kier molecular flexibility index (Phi) is 3.94. The minimum absolute atomic E-state index is 0.632. The Balaban J connectivity index is 2.04. The van der Waals surface area contributed by atoms with Gasteiger partial charge in [-0.3, -0.25) is 4.98 Å². The third-order valence-corrected chi connectivity index (χ3v) is 3.63. The fourth-order valence-electron chi connectivity index (χ4n) is 2.48. The number of nitrogens with zero attached hydrogens (tertiary/aromatic N) is 5. The predicted molar refractivity (Wildman–Crippen MR) is 83.4 cm³/mol. The molecule has 3 rings (SSSR count). The fraction of sp³-hybridized carbons (Fsp3) is 0.467. The maximum atomic E-state index is 4.65. The van der Waals surface area contributed by atoms with Gasteiger partial charge in [0.25, 0.3) is 0 Å². The van der Waals surface area contributed by atoms with E-state index in [9.17, 15) is 0 Å². The minimum atomic E-state index is 0.632. The highest BCUT2D eigenvalue weighted by Gasteiger charge is 2.18. The third kappa shape index (κ3) is 2.94. The molecule has 2 aromatic heterocycles. The molecule has 1 saturated heterocycles. The zero-order valence-corrected chi connectivity index (χ0v) is 12.5. The summed E-state index contributed by atoms with van der Waals surface area (Å²) in [5.74, 6) is 2.08. The van der Waals surface area contributed by atoms with Crippen molar-refractivity contribution < 1.29 is 0 Å². The SMILES string of the molecule is CCNc1nc(-c2cnccc2C)nc(N2CCCC2)n1. The van der Waals surface area contributed by atoms with Crippen molar-refractivity contribution in [2.45, 2.75) is 26.7 Å². The maximum absolute atomic E-state index is 4.65. The van der Waals surface area contributed by atoms with Crippen LogP contribution in [0, 0.1) is 6.92 Å². The zero-order valence-electron chi connectivity index (χ0n) is 12.5. The molecule has 2 aromatic rings. The van der Waals surface area contributed by atoms with E-state index in [1.54, 1.807) is 6.20 Å². The van der Waals surface area contributed by atoms with Gasteiger partial charge in [0.15, 0.2) is 5.82 Å². The van der Waals surface area contributed by atoms with E-state index in [4.69, 9.17) is 0 Å². The molecule has 0 unspecified atom stereocenters. The van der Waals surface area contributed by atoms with Gasteiger partial charge in [-0.15, -0.1) is 0 Å². The Morgan fingerprint density at radius 3 is 2.71 bits per heavy atom. The molecule has 0 aromatic carbocycles. The van der Waals surface area contributed by atoms with Crippen molar-refractivity contribution in [1.29, 1.82) is 0 Å². The van der Waals surface area contributed by atoms with Crippen LogP contribution in [0.1, 0.15) is 25.3 Å². The Bertz CT molecular complexity index is 621. The van der Waals surface area contributed by atoms with Crippen molar-refractivity contribution in [2.24, 2.45) is 0 Å². The standard InChI is InChI=1S/C15H20N6/c1-3-17-14-18-13(12-10-16-7-6-11(12)2)19-15(20-14)21-8-4-5-9-21/h6-7,10H,3-5,8-9H2,1-2H3,(H,17,18,19,20). The Morgan fingerprint density at radius 2 is 2.00 bits per heavy atom. The number of aromatic nitrogens is 4. The van der Waals surface area contributed by atoms with Crippen molar-refractivity contribution in [2.75, 3.05) is 29.9 Å². The van der Waals surface area contributed by atoms with Crippen LogP contribution >= 0.6 is 0 Å². The molecule has 0 bridgehead atoms. The van der Waals surface area contributed by atoms with E-state index < -0.39 is 0 Å². The first-order chi connectivity index (χ1) is 10.3. The molecular formula is C15H20N6. The first-order valence-electron chi connectivity index (χ1n) is 7.44. The van der Waals surface area contributed by atoms with Crippen molar-refractivity contribution >= 4 is 11.9 Å². The van der Waals surface area contributed by atoms with Gasteiger partial charge in [0.2, 0.25) is 11.9 Å². The molecule has 0 spiro atoms. The molecule has 1 N–H and O–H groups in total. The number of rotatable bonds is 4. The molecule has 3 heterocycles. The molecule has 110 valence electrons. The van der Waals surface area contributed by atoms with E-state index in [1.165, 1.54) is 12.8 Å². The van der Waals surface area contributed by atoms with Crippen LogP contribution in [-0.2, 0) is 0 Å². The van der Waals surface area contributed by atoms with Gasteiger partial charge in [-0.05, 0) is 38.3 Å². The van der Waals surface area contributed by atoms with Gasteiger partial charge in [0.1, 0.15) is 0 Å². The second kappa shape index (κ2) is 6.03. The normalized spacial score (nSPS) is 14.5. The third-order valence-electron chi connectivity index (χ3n) is 3.63. The van der Waals surface area contributed by atoms with Crippen molar-refractivity contribution in [3.05, 3.63) is 24.0 Å². The molecule has 0 saturated carbocycles. The van der Waals surface area contributed by atoms with E-state index >= 15 is 0 Å². The minimum Gasteiger partial charge on any atom is -0.354 e. The molecular weight excluding hydrogens is 264 g/mol. The Hall–Kier alpha value is -2.24. The number of hydrogen-bond acceptors (Lipinski definition) is 6. The van der Waals surface area contributed by atoms with Crippen LogP contribution in [0.4, 0.5) is 11.9 Å². The van der Waals surface area contributed by atoms with Gasteiger partial charge in [0.05, 0.1) is 0 Å². The van der Waals surface area contributed by atoms with Crippen molar-refractivity contribution in [3.8, 4) is 11.4 Å². The monoisotopic (exact) mass is 284 g/mol. The van der Waals surface area contributed by atoms with Crippen molar-refractivity contribution in [3.63, 3.8) is 0 Å². The van der Waals surface area contributed by atoms with Crippen molar-refractivity contribution in [1.82, 2.24) is 19.9 Å². The smallest absolute Gasteiger partial charge is 0.230 e. The average Bonchev–Trinajstić information content (AvgIpc) is 3.02. The van der Waals surface area contributed by atoms with Gasteiger partial charge in [-0.1, -0.05) is 0 Å². The summed E-state index contributed by atoms with van der Waals surface area (Å²) >= 11 is 0. The van der Waals surface area contributed by atoms with Crippen LogP contribution in [0.15, 0.2) is 18.5 Å². The first-order valence-corrected chi connectivity index (χ1v) is 7.44. The largest absolute Gasteiger partial charge is 0.354 e. The first kappa shape index (κ1) is 13.7. The number of aryl methyl sites for hydroxylation is 1. The maximum Gasteiger partial charge on any atom is 0.230 e. The number of anilines is 2. The topological polar surface area (TPSA) is 66.8 Å². The molecule has 21 heavy (non-hydrogen) atoms. The molecule has 1 aliphatic heterocycles. The second-order valence-electron chi connectivity index (χ2n) is 5.20. The summed E-state index contributed by atoms with van der Waals surface area (Å²) in [6.45, 7) is 6.90. The lowest BCUT2D eigenvalue weighted by Crippen LogP contribution is -2.22. The highest BCUT2D eigenvalue weighted by molar-refractivity contribution is 5.61. The van der Waals surface area contributed by atoms with Gasteiger partial charge in [0, 0.05) is 37.6 Å². The lowest BCUT2D eigenvalue weighted by Gasteiger charge is -2.17. The molecule has 1 aliphatic rings. The summed E-state index contributed by atoms with van der Waals surface area (Å²) < 4.78 is 0. The van der Waals surface area contributed by atoms with Crippen LogP contribution in [0.5, 0.6) is 0 Å². The van der Waals surface area contributed by atoms with Gasteiger partial charge in [-0.2, -0.15) is 15.0 Å². The summed E-state index contributed by atoms with van der Waals surface area (Å²) in [4.78, 5) is 20.1. The van der Waals surface area contributed by atoms with E-state index in [0.29, 0.717) is 11.8 Å². The molecule has 6 heteroatoms. The molecule has 0 radical (unpaired) electrons. The summed E-state index contributed by atoms with van der Waals surface area (Å²) in [6.07, 6.45) is 5.99. The molecule has 1 fully saturated rings. The highest BCUT2D eigenvalue weighted by atomic mass is 15.3. The van der Waals surface area contributed by atoms with Crippen LogP contribution in [0.3, 0.4) is 0 Å². The average molecular weight is 284 g/mol. The summed E-state index contributed by atoms with van der Waals surface area (Å²) in [5, 5.41) is 3.19. The number of hydrogen-bond donors (Lipinski definition) is 1. The lowest BCUT2D eigenvalue weighted by molar-refractivity contribution is 0.880. The van der Waals surface area contributed by atoms with Crippen LogP contribution in [-0.4, -0.2) is 39.6 Å². The van der Waals surface area contributed by atoms with E-state index in [1.807, 2.05) is 26.1 Å². The van der Waals surface area contributed by atoms with Crippen LogP contribution in [0.25, 0.3) is 11.4 Å². The fourth-order valence-corrected chi connectivity index (χ4v) is 2.48. The Morgan fingerprint density at radius 1 is 1.19 bits per heavy atom. The van der Waals surface area contributed by atoms with Crippen LogP contribution < -0.4 is 10.2 Å². The predicted octanol–water partition coefficient (Wildman–Crippen LogP) is 2.27. The molecule has 6 nitrogen and oxygen atoms in total.